The molecule has 2 N–H and O–H groups in total. The molecule has 3 heterocycles. The Bertz CT molecular complexity index is 1210. The summed E-state index contributed by atoms with van der Waals surface area (Å²) in [5.74, 6) is -2.65. The smallest absolute Gasteiger partial charge is 0.225 e. The highest BCUT2D eigenvalue weighted by Gasteiger charge is 2.36. The SMILES string of the molecule is CCCC(C)S(=O)(=O)N1CCC(C(C)Oc2cnc(N3CC(N)C(c4cc(F)c(F)cc4F)C3)nc2)CC1. The maximum atomic E-state index is 14.3. The molecule has 0 bridgehead atoms. The molecule has 2 saturated heterocycles. The van der Waals surface area contributed by atoms with Crippen LogP contribution in [0.1, 0.15) is 57.9 Å². The molecule has 1 aromatic heterocycles. The van der Waals surface area contributed by atoms with Gasteiger partial charge < -0.3 is 15.4 Å². The Labute approximate surface area is 222 Å². The third-order valence-corrected chi connectivity index (χ3v) is 10.1. The fraction of sp³-hybridized carbons (Fsp3) is 0.615. The average molecular weight is 556 g/mol. The van der Waals surface area contributed by atoms with Gasteiger partial charge in [-0.15, -0.1) is 0 Å². The van der Waals surface area contributed by atoms with Gasteiger partial charge in [-0.25, -0.2) is 35.9 Å². The molecule has 2 aliphatic heterocycles. The molecule has 0 amide bonds. The largest absolute Gasteiger partial charge is 0.487 e. The van der Waals surface area contributed by atoms with Crippen LogP contribution in [0.2, 0.25) is 0 Å². The van der Waals surface area contributed by atoms with Crippen LogP contribution in [0, 0.1) is 23.4 Å². The van der Waals surface area contributed by atoms with Crippen LogP contribution >= 0.6 is 0 Å². The lowest BCUT2D eigenvalue weighted by molar-refractivity contribution is 0.110. The molecule has 38 heavy (non-hydrogen) atoms. The number of benzene rings is 1. The van der Waals surface area contributed by atoms with Crippen molar-refractivity contribution in [2.24, 2.45) is 11.7 Å². The van der Waals surface area contributed by atoms with Crippen molar-refractivity contribution in [3.8, 4) is 5.75 Å². The second kappa shape index (κ2) is 11.7. The summed E-state index contributed by atoms with van der Waals surface area (Å²) < 4.78 is 74.6. The number of ether oxygens (including phenoxy) is 1. The van der Waals surface area contributed by atoms with Crippen LogP contribution in [0.5, 0.6) is 5.75 Å². The zero-order chi connectivity index (χ0) is 27.6. The van der Waals surface area contributed by atoms with Crippen molar-refractivity contribution in [2.75, 3.05) is 31.1 Å². The average Bonchev–Trinajstić information content (AvgIpc) is 3.28. The second-order valence-corrected chi connectivity index (χ2v) is 12.7. The zero-order valence-corrected chi connectivity index (χ0v) is 22.8. The Hall–Kier alpha value is -2.44. The standard InChI is InChI=1S/C26H36F3N5O3S/c1-4-5-16(2)38(35,36)34-8-6-18(7-9-34)17(3)37-19-12-31-26(32-13-19)33-14-21(25(30)15-33)20-10-23(28)24(29)11-22(20)27/h10-13,16-18,21,25H,4-9,14-15,30H2,1-3H3. The second-order valence-electron chi connectivity index (χ2n) is 10.4. The topological polar surface area (TPSA) is 102 Å². The van der Waals surface area contributed by atoms with Gasteiger partial charge >= 0.3 is 0 Å². The quantitative estimate of drug-likeness (QED) is 0.470. The number of rotatable bonds is 9. The maximum Gasteiger partial charge on any atom is 0.225 e. The fourth-order valence-corrected chi connectivity index (χ4v) is 7.16. The highest BCUT2D eigenvalue weighted by molar-refractivity contribution is 7.89. The molecule has 0 saturated carbocycles. The van der Waals surface area contributed by atoms with Gasteiger partial charge in [-0.05, 0) is 50.7 Å². The van der Waals surface area contributed by atoms with Crippen LogP contribution in [-0.4, -0.2) is 66.3 Å². The summed E-state index contributed by atoms with van der Waals surface area (Å²) in [6, 6.07) is 0.900. The van der Waals surface area contributed by atoms with E-state index in [4.69, 9.17) is 10.5 Å². The molecule has 210 valence electrons. The zero-order valence-electron chi connectivity index (χ0n) is 22.0. The minimum Gasteiger partial charge on any atom is -0.487 e. The Morgan fingerprint density at radius 3 is 2.32 bits per heavy atom. The molecule has 0 spiro atoms. The lowest BCUT2D eigenvalue weighted by atomic mass is 9.93. The Morgan fingerprint density at radius 2 is 1.68 bits per heavy atom. The summed E-state index contributed by atoms with van der Waals surface area (Å²) in [4.78, 5) is 10.5. The maximum absolute atomic E-state index is 14.3. The van der Waals surface area contributed by atoms with Gasteiger partial charge in [0.1, 0.15) is 5.82 Å². The predicted molar refractivity (Wildman–Crippen MR) is 139 cm³/mol. The molecule has 4 unspecified atom stereocenters. The van der Waals surface area contributed by atoms with Gasteiger partial charge in [0.15, 0.2) is 17.4 Å². The molecule has 4 atom stereocenters. The Kier molecular flexibility index (Phi) is 8.83. The fourth-order valence-electron chi connectivity index (χ4n) is 5.40. The lowest BCUT2D eigenvalue weighted by Crippen LogP contribution is -2.44. The molecule has 12 heteroatoms. The molecule has 0 aliphatic carbocycles. The first kappa shape index (κ1) is 28.6. The van der Waals surface area contributed by atoms with E-state index in [9.17, 15) is 21.6 Å². The number of nitrogens with zero attached hydrogens (tertiary/aromatic N) is 4. The molecule has 0 radical (unpaired) electrons. The van der Waals surface area contributed by atoms with E-state index in [-0.39, 0.29) is 29.4 Å². The number of halogens is 3. The first-order valence-electron chi connectivity index (χ1n) is 13.1. The van der Waals surface area contributed by atoms with Crippen LogP contribution in [0.15, 0.2) is 24.5 Å². The van der Waals surface area contributed by atoms with Gasteiger partial charge in [-0.2, -0.15) is 0 Å². The number of aromatic nitrogens is 2. The van der Waals surface area contributed by atoms with E-state index in [2.05, 4.69) is 9.97 Å². The van der Waals surface area contributed by atoms with Gasteiger partial charge in [0.25, 0.3) is 0 Å². The van der Waals surface area contributed by atoms with Crippen molar-refractivity contribution in [1.82, 2.24) is 14.3 Å². The molecule has 2 aromatic rings. The van der Waals surface area contributed by atoms with Crippen LogP contribution in [0.25, 0.3) is 0 Å². The Balaban J connectivity index is 1.32. The highest BCUT2D eigenvalue weighted by atomic mass is 32.2. The molecule has 2 aliphatic rings. The molecule has 4 rings (SSSR count). The number of piperidine rings is 1. The van der Waals surface area contributed by atoms with E-state index in [0.29, 0.717) is 56.7 Å². The Morgan fingerprint density at radius 1 is 1.05 bits per heavy atom. The van der Waals surface area contributed by atoms with Crippen LogP contribution in [0.4, 0.5) is 19.1 Å². The van der Waals surface area contributed by atoms with E-state index >= 15 is 0 Å². The van der Waals surface area contributed by atoms with Crippen molar-refractivity contribution in [2.45, 2.75) is 69.8 Å². The van der Waals surface area contributed by atoms with Gasteiger partial charge in [-0.1, -0.05) is 13.3 Å². The first-order chi connectivity index (χ1) is 18.0. The number of hydrogen-bond acceptors (Lipinski definition) is 7. The summed E-state index contributed by atoms with van der Waals surface area (Å²) in [7, 11) is -3.27. The van der Waals surface area contributed by atoms with E-state index in [1.165, 1.54) is 0 Å². The summed E-state index contributed by atoms with van der Waals surface area (Å²) in [5.41, 5.74) is 6.23. The third kappa shape index (κ3) is 6.07. The van der Waals surface area contributed by atoms with E-state index in [1.807, 2.05) is 13.8 Å². The summed E-state index contributed by atoms with van der Waals surface area (Å²) in [6.07, 6.45) is 5.88. The van der Waals surface area contributed by atoms with Crippen molar-refractivity contribution in [3.05, 3.63) is 47.5 Å². The number of sulfonamides is 1. The van der Waals surface area contributed by atoms with Crippen molar-refractivity contribution >= 4 is 16.0 Å². The highest BCUT2D eigenvalue weighted by Crippen LogP contribution is 2.32. The minimum absolute atomic E-state index is 0.0337. The van der Waals surface area contributed by atoms with Gasteiger partial charge in [0.05, 0.1) is 23.7 Å². The molecular formula is C26H36F3N5O3S. The predicted octanol–water partition coefficient (Wildman–Crippen LogP) is 3.82. The monoisotopic (exact) mass is 555 g/mol. The third-order valence-electron chi connectivity index (χ3n) is 7.75. The van der Waals surface area contributed by atoms with Gasteiger partial charge in [0.2, 0.25) is 16.0 Å². The van der Waals surface area contributed by atoms with E-state index in [1.54, 1.807) is 28.5 Å². The number of anilines is 1. The van der Waals surface area contributed by atoms with Gasteiger partial charge in [-0.3, -0.25) is 0 Å². The first-order valence-corrected chi connectivity index (χ1v) is 14.6. The minimum atomic E-state index is -3.27. The molecule has 2 fully saturated rings. The number of hydrogen-bond donors (Lipinski definition) is 1. The number of nitrogens with two attached hydrogens (primary N) is 1. The molecule has 8 nitrogen and oxygen atoms in total. The van der Waals surface area contributed by atoms with Crippen LogP contribution in [0.3, 0.4) is 0 Å². The van der Waals surface area contributed by atoms with Crippen molar-refractivity contribution in [1.29, 1.82) is 0 Å². The molecule has 1 aromatic carbocycles. The summed E-state index contributed by atoms with van der Waals surface area (Å²) in [6.45, 7) is 7.29. The lowest BCUT2D eigenvalue weighted by Gasteiger charge is -2.35. The summed E-state index contributed by atoms with van der Waals surface area (Å²) >= 11 is 0. The van der Waals surface area contributed by atoms with Crippen molar-refractivity contribution in [3.63, 3.8) is 0 Å². The normalized spacial score (nSPS) is 23.0. The van der Waals surface area contributed by atoms with E-state index < -0.39 is 39.4 Å². The van der Waals surface area contributed by atoms with E-state index in [0.717, 1.165) is 12.5 Å². The van der Waals surface area contributed by atoms with Crippen LogP contribution < -0.4 is 15.4 Å². The van der Waals surface area contributed by atoms with Crippen molar-refractivity contribution < 1.29 is 26.3 Å². The van der Waals surface area contributed by atoms with Crippen LogP contribution in [-0.2, 0) is 10.0 Å². The van der Waals surface area contributed by atoms with Gasteiger partial charge in [0, 0.05) is 44.2 Å². The molecular weight excluding hydrogens is 519 g/mol. The summed E-state index contributed by atoms with van der Waals surface area (Å²) in [5, 5.41) is -0.371.